The Hall–Kier alpha value is -0.870. The van der Waals surface area contributed by atoms with Gasteiger partial charge in [0, 0.05) is 37.5 Å². The topological polar surface area (TPSA) is 41.1 Å². The van der Waals surface area contributed by atoms with E-state index in [1.54, 1.807) is 0 Å². The van der Waals surface area contributed by atoms with Gasteiger partial charge in [-0.1, -0.05) is 0 Å². The van der Waals surface area contributed by atoms with Crippen LogP contribution in [-0.2, 0) is 4.74 Å². The molecule has 1 N–H and O–H groups in total. The summed E-state index contributed by atoms with van der Waals surface area (Å²) in [5.41, 5.74) is 1.28. The van der Waals surface area contributed by atoms with Gasteiger partial charge < -0.3 is 9.64 Å². The average Bonchev–Trinajstić information content (AvgIpc) is 2.83. The van der Waals surface area contributed by atoms with E-state index in [2.05, 4.69) is 21.2 Å². The minimum absolute atomic E-state index is 0.623. The van der Waals surface area contributed by atoms with E-state index in [4.69, 9.17) is 4.74 Å². The molecule has 1 aliphatic heterocycles. The third-order valence-corrected chi connectivity index (χ3v) is 3.22. The van der Waals surface area contributed by atoms with Crippen LogP contribution in [0, 0.1) is 0 Å². The van der Waals surface area contributed by atoms with Gasteiger partial charge in [0.15, 0.2) is 0 Å². The van der Waals surface area contributed by atoms with Crippen LogP contribution in [0.4, 0.5) is 0 Å². The molecule has 1 aliphatic rings. The molecular formula is C12H21N3O. The monoisotopic (exact) mass is 223 g/mol. The molecule has 0 saturated carbocycles. The molecule has 0 radical (unpaired) electrons. The minimum atomic E-state index is 0.623. The zero-order valence-corrected chi connectivity index (χ0v) is 9.98. The van der Waals surface area contributed by atoms with Gasteiger partial charge >= 0.3 is 0 Å². The van der Waals surface area contributed by atoms with Crippen LogP contribution in [0.1, 0.15) is 31.4 Å². The van der Waals surface area contributed by atoms with Crippen molar-refractivity contribution in [3.8, 4) is 0 Å². The van der Waals surface area contributed by atoms with Gasteiger partial charge in [0.05, 0.1) is 6.61 Å². The summed E-state index contributed by atoms with van der Waals surface area (Å²) in [7, 11) is 0. The number of H-pyrrole nitrogens is 1. The van der Waals surface area contributed by atoms with Crippen molar-refractivity contribution in [3.05, 3.63) is 18.0 Å². The first-order valence-electron chi connectivity index (χ1n) is 6.19. The van der Waals surface area contributed by atoms with E-state index in [0.717, 1.165) is 26.3 Å². The highest BCUT2D eigenvalue weighted by Gasteiger charge is 2.21. The predicted octanol–water partition coefficient (Wildman–Crippen LogP) is 1.63. The van der Waals surface area contributed by atoms with E-state index in [0.29, 0.717) is 5.92 Å². The first kappa shape index (κ1) is 11.6. The second kappa shape index (κ2) is 6.01. The zero-order chi connectivity index (χ0) is 11.2. The summed E-state index contributed by atoms with van der Waals surface area (Å²) >= 11 is 0. The molecule has 1 aromatic heterocycles. The Morgan fingerprint density at radius 3 is 3.31 bits per heavy atom. The summed E-state index contributed by atoms with van der Waals surface area (Å²) in [6, 6.07) is 2.09. The smallest absolute Gasteiger partial charge is 0.0593 e. The van der Waals surface area contributed by atoms with Crippen molar-refractivity contribution < 1.29 is 4.74 Å². The lowest BCUT2D eigenvalue weighted by Crippen LogP contribution is -2.36. The Bertz CT molecular complexity index is 286. The Morgan fingerprint density at radius 1 is 1.62 bits per heavy atom. The van der Waals surface area contributed by atoms with Gasteiger partial charge in [-0.15, -0.1) is 0 Å². The van der Waals surface area contributed by atoms with Crippen molar-refractivity contribution in [2.45, 2.75) is 25.7 Å². The van der Waals surface area contributed by atoms with Crippen LogP contribution in [0.25, 0.3) is 0 Å². The van der Waals surface area contributed by atoms with Crippen LogP contribution in [0.5, 0.6) is 0 Å². The number of aromatic amines is 1. The van der Waals surface area contributed by atoms with Crippen LogP contribution in [0.15, 0.2) is 12.3 Å². The van der Waals surface area contributed by atoms with Crippen LogP contribution in [0.3, 0.4) is 0 Å². The van der Waals surface area contributed by atoms with Gasteiger partial charge in [-0.2, -0.15) is 5.10 Å². The highest BCUT2D eigenvalue weighted by Crippen LogP contribution is 2.24. The molecule has 2 heterocycles. The number of nitrogens with one attached hydrogen (secondary N) is 1. The quantitative estimate of drug-likeness (QED) is 0.771. The molecule has 0 aliphatic carbocycles. The van der Waals surface area contributed by atoms with Crippen LogP contribution < -0.4 is 0 Å². The Balaban J connectivity index is 1.80. The molecule has 0 amide bonds. The Kier molecular flexibility index (Phi) is 4.36. The van der Waals surface area contributed by atoms with Crippen molar-refractivity contribution in [1.82, 2.24) is 15.1 Å². The predicted molar refractivity (Wildman–Crippen MR) is 63.5 cm³/mol. The summed E-state index contributed by atoms with van der Waals surface area (Å²) in [5.74, 6) is 0.623. The molecule has 1 atom stereocenters. The molecular weight excluding hydrogens is 202 g/mol. The molecule has 4 nitrogen and oxygen atoms in total. The first-order chi connectivity index (χ1) is 7.90. The van der Waals surface area contributed by atoms with E-state index in [9.17, 15) is 0 Å². The fraction of sp³-hybridized carbons (Fsp3) is 0.750. The zero-order valence-electron chi connectivity index (χ0n) is 9.98. The van der Waals surface area contributed by atoms with Crippen molar-refractivity contribution in [3.63, 3.8) is 0 Å². The van der Waals surface area contributed by atoms with Crippen molar-refractivity contribution in [2.24, 2.45) is 0 Å². The van der Waals surface area contributed by atoms with E-state index in [-0.39, 0.29) is 0 Å². The maximum absolute atomic E-state index is 5.40. The van der Waals surface area contributed by atoms with Gasteiger partial charge in [-0.3, -0.25) is 5.10 Å². The van der Waals surface area contributed by atoms with Crippen LogP contribution in [-0.4, -0.2) is 47.9 Å². The number of aromatic nitrogens is 2. The van der Waals surface area contributed by atoms with Gasteiger partial charge in [0.2, 0.25) is 0 Å². The van der Waals surface area contributed by atoms with Gasteiger partial charge in [0.25, 0.3) is 0 Å². The standard InChI is InChI=1S/C12H21N3O/c1-2-16-9-8-15-7-3-4-11(10-15)12-5-6-13-14-12/h5-6,11H,2-4,7-10H2,1H3,(H,13,14). The van der Waals surface area contributed by atoms with Gasteiger partial charge in [-0.25, -0.2) is 0 Å². The molecule has 4 heteroatoms. The molecule has 0 aromatic carbocycles. The van der Waals surface area contributed by atoms with E-state index < -0.39 is 0 Å². The fourth-order valence-corrected chi connectivity index (χ4v) is 2.34. The minimum Gasteiger partial charge on any atom is -0.380 e. The van der Waals surface area contributed by atoms with Gasteiger partial charge in [0.1, 0.15) is 0 Å². The first-order valence-corrected chi connectivity index (χ1v) is 6.19. The largest absolute Gasteiger partial charge is 0.380 e. The van der Waals surface area contributed by atoms with E-state index in [1.165, 1.54) is 25.1 Å². The molecule has 90 valence electrons. The third-order valence-electron chi connectivity index (χ3n) is 3.22. The Labute approximate surface area is 97.0 Å². The SMILES string of the molecule is CCOCCN1CCCC(c2ccn[nH]2)C1. The van der Waals surface area contributed by atoms with Gasteiger partial charge in [-0.05, 0) is 32.4 Å². The summed E-state index contributed by atoms with van der Waals surface area (Å²) in [4.78, 5) is 2.49. The lowest BCUT2D eigenvalue weighted by Gasteiger charge is -2.31. The summed E-state index contributed by atoms with van der Waals surface area (Å²) in [5, 5.41) is 7.12. The second-order valence-electron chi connectivity index (χ2n) is 4.35. The second-order valence-corrected chi connectivity index (χ2v) is 4.35. The maximum atomic E-state index is 5.40. The number of likely N-dealkylation sites (tertiary alicyclic amines) is 1. The average molecular weight is 223 g/mol. The Morgan fingerprint density at radius 2 is 2.56 bits per heavy atom. The highest BCUT2D eigenvalue weighted by atomic mass is 16.5. The molecule has 1 aromatic rings. The number of nitrogens with zero attached hydrogens (tertiary/aromatic N) is 2. The van der Waals surface area contributed by atoms with E-state index in [1.807, 2.05) is 13.1 Å². The molecule has 1 saturated heterocycles. The lowest BCUT2D eigenvalue weighted by atomic mass is 9.95. The normalized spacial score (nSPS) is 22.4. The number of rotatable bonds is 5. The summed E-state index contributed by atoms with van der Waals surface area (Å²) in [6.07, 6.45) is 4.39. The van der Waals surface area contributed by atoms with Crippen LogP contribution >= 0.6 is 0 Å². The third kappa shape index (κ3) is 3.06. The fourth-order valence-electron chi connectivity index (χ4n) is 2.34. The molecule has 0 bridgehead atoms. The number of ether oxygens (including phenoxy) is 1. The van der Waals surface area contributed by atoms with Crippen molar-refractivity contribution in [2.75, 3.05) is 32.8 Å². The van der Waals surface area contributed by atoms with E-state index >= 15 is 0 Å². The number of piperidine rings is 1. The van der Waals surface area contributed by atoms with Crippen LogP contribution in [0.2, 0.25) is 0 Å². The molecule has 16 heavy (non-hydrogen) atoms. The van der Waals surface area contributed by atoms with Crippen molar-refractivity contribution in [1.29, 1.82) is 0 Å². The van der Waals surface area contributed by atoms with Crippen molar-refractivity contribution >= 4 is 0 Å². The molecule has 2 rings (SSSR count). The maximum Gasteiger partial charge on any atom is 0.0593 e. The summed E-state index contributed by atoms with van der Waals surface area (Å²) in [6.45, 7) is 7.11. The summed E-state index contributed by atoms with van der Waals surface area (Å²) < 4.78 is 5.40. The highest BCUT2D eigenvalue weighted by molar-refractivity contribution is 5.07. The molecule has 1 fully saturated rings. The lowest BCUT2D eigenvalue weighted by molar-refractivity contribution is 0.100. The molecule has 0 spiro atoms. The number of hydrogen-bond acceptors (Lipinski definition) is 3. The molecule has 1 unspecified atom stereocenters. The number of hydrogen-bond donors (Lipinski definition) is 1.